The number of aryl methyl sites for hydroxylation is 1. The maximum atomic E-state index is 12.1. The van der Waals surface area contributed by atoms with Crippen molar-refractivity contribution in [2.24, 2.45) is 0 Å². The molecule has 1 saturated heterocycles. The van der Waals surface area contributed by atoms with Crippen molar-refractivity contribution in [1.29, 1.82) is 0 Å². The third-order valence-corrected chi connectivity index (χ3v) is 5.17. The topological polar surface area (TPSA) is 163 Å². The van der Waals surface area contributed by atoms with E-state index in [0.29, 0.717) is 0 Å². The van der Waals surface area contributed by atoms with Gasteiger partial charge in [-0.2, -0.15) is 0 Å². The highest BCUT2D eigenvalue weighted by molar-refractivity contribution is 7.47. The number of H-pyrrole nitrogens is 1. The number of esters is 1. The Morgan fingerprint density at radius 1 is 1.38 bits per heavy atom. The Bertz CT molecular complexity index is 923. The van der Waals surface area contributed by atoms with Crippen molar-refractivity contribution in [2.45, 2.75) is 51.5 Å². The summed E-state index contributed by atoms with van der Waals surface area (Å²) in [6, 6.07) is 0. The van der Waals surface area contributed by atoms with Gasteiger partial charge in [0.2, 0.25) is 0 Å². The summed E-state index contributed by atoms with van der Waals surface area (Å²) in [7, 11) is -3.32. The van der Waals surface area contributed by atoms with E-state index in [4.69, 9.17) is 14.0 Å². The fraction of sp³-hybridized carbons (Fsp3) is 0.625. The van der Waals surface area contributed by atoms with E-state index in [1.165, 1.54) is 20.0 Å². The molecule has 2 N–H and O–H groups in total. The molecule has 13 heteroatoms. The number of rotatable bonds is 9. The van der Waals surface area contributed by atoms with Gasteiger partial charge >= 0.3 is 19.5 Å². The summed E-state index contributed by atoms with van der Waals surface area (Å²) >= 11 is 0. The van der Waals surface area contributed by atoms with Gasteiger partial charge in [-0.15, -0.1) is 0 Å². The van der Waals surface area contributed by atoms with Crippen molar-refractivity contribution in [3.05, 3.63) is 32.6 Å². The van der Waals surface area contributed by atoms with Crippen LogP contribution in [0.5, 0.6) is 0 Å². The van der Waals surface area contributed by atoms with E-state index in [0.717, 1.165) is 11.7 Å². The molecule has 0 spiro atoms. The molecule has 0 saturated carbocycles. The zero-order valence-electron chi connectivity index (χ0n) is 16.2. The maximum absolute atomic E-state index is 12.1. The SMILES string of the molecule is COP(=O)(O)OC[C@H]1O[C@@H](n2cc(C)c(=O)[nH]c2=O)C[C@@H]1OC(=O)CCC(C)=O. The number of phosphoric acid groups is 1. The number of nitrogens with zero attached hydrogens (tertiary/aromatic N) is 1. The van der Waals surface area contributed by atoms with Gasteiger partial charge in [-0.1, -0.05) is 0 Å². The molecule has 1 aromatic heterocycles. The minimum absolute atomic E-state index is 0.00506. The van der Waals surface area contributed by atoms with E-state index in [1.807, 2.05) is 0 Å². The average molecular weight is 434 g/mol. The molecule has 1 aromatic rings. The normalized spacial score (nSPS) is 23.5. The van der Waals surface area contributed by atoms with Crippen LogP contribution in [-0.4, -0.2) is 52.1 Å². The number of hydrogen-bond donors (Lipinski definition) is 2. The minimum Gasteiger partial charge on any atom is -0.459 e. The number of Topliss-reactive ketones (excluding diaryl/α,β-unsaturated/α-hetero) is 1. The number of carbonyl (C=O) groups is 2. The minimum atomic E-state index is -4.31. The first kappa shape index (κ1) is 23.2. The smallest absolute Gasteiger partial charge is 0.459 e. The lowest BCUT2D eigenvalue weighted by Crippen LogP contribution is -2.33. The van der Waals surface area contributed by atoms with Gasteiger partial charge in [0, 0.05) is 31.7 Å². The Labute approximate surface area is 165 Å². The maximum Gasteiger partial charge on any atom is 0.472 e. The molecule has 0 bridgehead atoms. The second-order valence-corrected chi connectivity index (χ2v) is 8.08. The fourth-order valence-corrected chi connectivity index (χ4v) is 3.11. The van der Waals surface area contributed by atoms with Crippen molar-refractivity contribution >= 4 is 19.6 Å². The lowest BCUT2D eigenvalue weighted by atomic mass is 10.1. The van der Waals surface area contributed by atoms with Crippen LogP contribution in [0.2, 0.25) is 0 Å². The summed E-state index contributed by atoms with van der Waals surface area (Å²) in [6.07, 6.45) is -1.64. The van der Waals surface area contributed by atoms with E-state index >= 15 is 0 Å². The predicted molar refractivity (Wildman–Crippen MR) is 97.2 cm³/mol. The van der Waals surface area contributed by atoms with Gasteiger partial charge in [0.05, 0.1) is 13.0 Å². The average Bonchev–Trinajstić information content (AvgIpc) is 3.04. The largest absolute Gasteiger partial charge is 0.472 e. The van der Waals surface area contributed by atoms with Crippen LogP contribution >= 0.6 is 7.82 Å². The van der Waals surface area contributed by atoms with Gasteiger partial charge in [-0.25, -0.2) is 9.36 Å². The number of hydrogen-bond acceptors (Lipinski definition) is 9. The first-order chi connectivity index (χ1) is 13.5. The highest BCUT2D eigenvalue weighted by Crippen LogP contribution is 2.43. The zero-order chi connectivity index (χ0) is 21.8. The molecule has 29 heavy (non-hydrogen) atoms. The van der Waals surface area contributed by atoms with Gasteiger partial charge in [0.15, 0.2) is 0 Å². The third kappa shape index (κ3) is 6.44. The Hall–Kier alpha value is -2.11. The van der Waals surface area contributed by atoms with Crippen molar-refractivity contribution < 1.29 is 37.6 Å². The van der Waals surface area contributed by atoms with Crippen LogP contribution in [-0.2, 0) is 32.7 Å². The number of ketones is 1. The van der Waals surface area contributed by atoms with E-state index in [1.54, 1.807) is 0 Å². The molecule has 2 heterocycles. The fourth-order valence-electron chi connectivity index (χ4n) is 2.67. The molecular formula is C16H23N2O10P. The summed E-state index contributed by atoms with van der Waals surface area (Å²) in [5, 5.41) is 0. The van der Waals surface area contributed by atoms with Crippen molar-refractivity contribution in [3.8, 4) is 0 Å². The first-order valence-corrected chi connectivity index (χ1v) is 10.2. The monoisotopic (exact) mass is 434 g/mol. The van der Waals surface area contributed by atoms with Crippen molar-refractivity contribution in [3.63, 3.8) is 0 Å². The Morgan fingerprint density at radius 3 is 2.69 bits per heavy atom. The van der Waals surface area contributed by atoms with Crippen LogP contribution in [0, 0.1) is 6.92 Å². The van der Waals surface area contributed by atoms with Crippen molar-refractivity contribution in [2.75, 3.05) is 13.7 Å². The van der Waals surface area contributed by atoms with Crippen molar-refractivity contribution in [1.82, 2.24) is 9.55 Å². The Balaban J connectivity index is 2.19. The van der Waals surface area contributed by atoms with Crippen LogP contribution in [0.4, 0.5) is 0 Å². The third-order valence-electron chi connectivity index (χ3n) is 4.23. The molecular weight excluding hydrogens is 411 g/mol. The molecule has 12 nitrogen and oxygen atoms in total. The summed E-state index contributed by atoms with van der Waals surface area (Å²) in [6.45, 7) is 2.39. The highest BCUT2D eigenvalue weighted by atomic mass is 31.2. The molecule has 162 valence electrons. The second kappa shape index (κ2) is 9.59. The van der Waals surface area contributed by atoms with Crippen LogP contribution in [0.1, 0.15) is 38.0 Å². The molecule has 0 aliphatic carbocycles. The van der Waals surface area contributed by atoms with E-state index in [9.17, 15) is 28.6 Å². The summed E-state index contributed by atoms with van der Waals surface area (Å²) in [5.74, 6) is -0.845. The summed E-state index contributed by atoms with van der Waals surface area (Å²) < 4.78 is 32.8. The van der Waals surface area contributed by atoms with Crippen LogP contribution < -0.4 is 11.2 Å². The number of phosphoric ester groups is 1. The summed E-state index contributed by atoms with van der Waals surface area (Å²) in [5.41, 5.74) is -1.00. The quantitative estimate of drug-likeness (QED) is 0.405. The lowest BCUT2D eigenvalue weighted by Gasteiger charge is -2.19. The van der Waals surface area contributed by atoms with Gasteiger partial charge in [0.1, 0.15) is 24.2 Å². The molecule has 1 unspecified atom stereocenters. The molecule has 0 radical (unpaired) electrons. The zero-order valence-corrected chi connectivity index (χ0v) is 17.0. The second-order valence-electron chi connectivity index (χ2n) is 6.52. The number of aromatic nitrogens is 2. The standard InChI is InChI=1S/C16H23N2O10P/c1-9-7-18(16(22)17-15(9)21)13-6-11(28-14(20)5-4-10(2)19)12(27-13)8-26-29(23,24)25-3/h7,11-13H,4-6,8H2,1-3H3,(H,23,24)(H,17,21,22)/t11-,12+,13+/m0/s1. The Morgan fingerprint density at radius 2 is 2.07 bits per heavy atom. The van der Waals surface area contributed by atoms with Crippen LogP contribution in [0.3, 0.4) is 0 Å². The molecule has 1 fully saturated rings. The molecule has 4 atom stereocenters. The van der Waals surface area contributed by atoms with Gasteiger partial charge in [-0.05, 0) is 13.8 Å². The van der Waals surface area contributed by atoms with Gasteiger partial charge in [0.25, 0.3) is 5.56 Å². The number of nitrogens with one attached hydrogen (secondary N) is 1. The number of carbonyl (C=O) groups excluding carboxylic acids is 2. The summed E-state index contributed by atoms with van der Waals surface area (Å²) in [4.78, 5) is 58.2. The molecule has 2 rings (SSSR count). The Kier molecular flexibility index (Phi) is 7.66. The number of ether oxygens (including phenoxy) is 2. The molecule has 1 aliphatic rings. The highest BCUT2D eigenvalue weighted by Gasteiger charge is 2.41. The molecule has 1 aliphatic heterocycles. The molecule has 0 amide bonds. The molecule has 0 aromatic carbocycles. The lowest BCUT2D eigenvalue weighted by molar-refractivity contribution is -0.153. The van der Waals surface area contributed by atoms with Crippen LogP contribution in [0.25, 0.3) is 0 Å². The van der Waals surface area contributed by atoms with E-state index in [2.05, 4.69) is 9.51 Å². The van der Waals surface area contributed by atoms with E-state index in [-0.39, 0.29) is 30.6 Å². The predicted octanol–water partition coefficient (Wildman–Crippen LogP) is 0.177. The number of aromatic amines is 1. The van der Waals surface area contributed by atoms with Crippen LogP contribution in [0.15, 0.2) is 15.8 Å². The van der Waals surface area contributed by atoms with E-state index < -0.39 is 50.1 Å². The first-order valence-electron chi connectivity index (χ1n) is 8.72. The van der Waals surface area contributed by atoms with Gasteiger partial charge in [-0.3, -0.25) is 28.2 Å². The van der Waals surface area contributed by atoms with Gasteiger partial charge < -0.3 is 19.2 Å².